The zero-order valence-corrected chi connectivity index (χ0v) is 12.7. The number of rotatable bonds is 5. The summed E-state index contributed by atoms with van der Waals surface area (Å²) in [6, 6.07) is 15.5. The van der Waals surface area contributed by atoms with Crippen LogP contribution in [0, 0.1) is 11.3 Å². The largest absolute Gasteiger partial charge is 0.495 e. The molecule has 0 N–H and O–H groups in total. The van der Waals surface area contributed by atoms with Gasteiger partial charge in [0.1, 0.15) is 24.2 Å². The van der Waals surface area contributed by atoms with Crippen molar-refractivity contribution >= 4 is 15.9 Å². The van der Waals surface area contributed by atoms with E-state index in [1.165, 1.54) is 5.56 Å². The smallest absolute Gasteiger partial charge is 0.136 e. The van der Waals surface area contributed by atoms with Gasteiger partial charge in [0, 0.05) is 5.33 Å². The summed E-state index contributed by atoms with van der Waals surface area (Å²) >= 11 is 3.40. The number of halogens is 1. The van der Waals surface area contributed by atoms with E-state index in [0.29, 0.717) is 17.9 Å². The SMILES string of the molecule is COc1ccc(COc2ccc(CBr)cc2)cc1C#N. The van der Waals surface area contributed by atoms with E-state index in [0.717, 1.165) is 16.6 Å². The lowest BCUT2D eigenvalue weighted by Gasteiger charge is -2.08. The standard InChI is InChI=1S/C16H14BrNO2/c1-19-16-7-4-13(8-14(16)10-18)11-20-15-5-2-12(9-17)3-6-15/h2-8H,9,11H2,1H3. The van der Waals surface area contributed by atoms with E-state index in [4.69, 9.17) is 14.7 Å². The molecule has 0 aliphatic heterocycles. The highest BCUT2D eigenvalue weighted by Crippen LogP contribution is 2.20. The van der Waals surface area contributed by atoms with Crippen molar-refractivity contribution in [3.63, 3.8) is 0 Å². The van der Waals surface area contributed by atoms with Gasteiger partial charge in [-0.1, -0.05) is 34.1 Å². The molecule has 0 aromatic heterocycles. The first-order chi connectivity index (χ1) is 9.76. The molecule has 2 rings (SSSR count). The molecule has 0 unspecified atom stereocenters. The Morgan fingerprint density at radius 2 is 1.80 bits per heavy atom. The van der Waals surface area contributed by atoms with Gasteiger partial charge in [0.05, 0.1) is 12.7 Å². The Bertz CT molecular complexity index is 617. The van der Waals surface area contributed by atoms with Crippen molar-refractivity contribution in [2.45, 2.75) is 11.9 Å². The Morgan fingerprint density at radius 3 is 2.40 bits per heavy atom. The third-order valence-corrected chi connectivity index (χ3v) is 3.51. The zero-order valence-electron chi connectivity index (χ0n) is 11.1. The zero-order chi connectivity index (χ0) is 14.4. The van der Waals surface area contributed by atoms with Crippen LogP contribution in [0.3, 0.4) is 0 Å². The second-order valence-electron chi connectivity index (χ2n) is 4.21. The fraction of sp³-hybridized carbons (Fsp3) is 0.188. The minimum absolute atomic E-state index is 0.423. The summed E-state index contributed by atoms with van der Waals surface area (Å²) in [7, 11) is 1.55. The molecule has 0 bridgehead atoms. The van der Waals surface area contributed by atoms with E-state index in [9.17, 15) is 0 Å². The fourth-order valence-corrected chi connectivity index (χ4v) is 2.15. The predicted octanol–water partition coefficient (Wildman–Crippen LogP) is 4.04. The highest BCUT2D eigenvalue weighted by Gasteiger charge is 2.04. The Labute approximate surface area is 126 Å². The lowest BCUT2D eigenvalue weighted by atomic mass is 10.1. The van der Waals surface area contributed by atoms with Crippen molar-refractivity contribution < 1.29 is 9.47 Å². The Hall–Kier alpha value is -1.99. The summed E-state index contributed by atoms with van der Waals surface area (Å²) < 4.78 is 10.8. The van der Waals surface area contributed by atoms with Gasteiger partial charge in [-0.3, -0.25) is 0 Å². The number of methoxy groups -OCH3 is 1. The molecular formula is C16H14BrNO2. The van der Waals surface area contributed by atoms with Gasteiger partial charge in [-0.2, -0.15) is 5.26 Å². The van der Waals surface area contributed by atoms with Crippen LogP contribution in [0.15, 0.2) is 42.5 Å². The van der Waals surface area contributed by atoms with Crippen LogP contribution in [0.4, 0.5) is 0 Å². The van der Waals surface area contributed by atoms with Crippen molar-refractivity contribution in [2.24, 2.45) is 0 Å². The average Bonchev–Trinajstić information content (AvgIpc) is 2.53. The van der Waals surface area contributed by atoms with Gasteiger partial charge in [-0.15, -0.1) is 0 Å². The molecule has 4 heteroatoms. The molecule has 3 nitrogen and oxygen atoms in total. The van der Waals surface area contributed by atoms with Crippen LogP contribution in [0.5, 0.6) is 11.5 Å². The number of ether oxygens (including phenoxy) is 2. The number of hydrogen-bond donors (Lipinski definition) is 0. The molecule has 0 saturated carbocycles. The van der Waals surface area contributed by atoms with E-state index in [2.05, 4.69) is 22.0 Å². The van der Waals surface area contributed by atoms with E-state index in [1.807, 2.05) is 30.3 Å². The highest BCUT2D eigenvalue weighted by atomic mass is 79.9. The number of nitriles is 1. The maximum atomic E-state index is 9.04. The van der Waals surface area contributed by atoms with Crippen LogP contribution in [-0.4, -0.2) is 7.11 Å². The van der Waals surface area contributed by atoms with Crippen molar-refractivity contribution in [1.82, 2.24) is 0 Å². The minimum atomic E-state index is 0.423. The average molecular weight is 332 g/mol. The van der Waals surface area contributed by atoms with E-state index in [-0.39, 0.29) is 0 Å². The Balaban J connectivity index is 2.05. The lowest BCUT2D eigenvalue weighted by Crippen LogP contribution is -1.97. The topological polar surface area (TPSA) is 42.2 Å². The Kier molecular flexibility index (Phi) is 5.03. The second-order valence-corrected chi connectivity index (χ2v) is 4.77. The first-order valence-electron chi connectivity index (χ1n) is 6.11. The van der Waals surface area contributed by atoms with Gasteiger partial charge in [-0.05, 0) is 35.4 Å². The number of alkyl halides is 1. The molecule has 20 heavy (non-hydrogen) atoms. The minimum Gasteiger partial charge on any atom is -0.495 e. The third kappa shape index (κ3) is 3.52. The normalized spacial score (nSPS) is 9.85. The van der Waals surface area contributed by atoms with Crippen LogP contribution in [0.25, 0.3) is 0 Å². The van der Waals surface area contributed by atoms with E-state index >= 15 is 0 Å². The second kappa shape index (κ2) is 6.97. The molecule has 0 fully saturated rings. The molecule has 0 heterocycles. The fourth-order valence-electron chi connectivity index (χ4n) is 1.77. The highest BCUT2D eigenvalue weighted by molar-refractivity contribution is 9.08. The quantitative estimate of drug-likeness (QED) is 0.776. The molecule has 0 radical (unpaired) electrons. The number of benzene rings is 2. The molecule has 0 aliphatic rings. The van der Waals surface area contributed by atoms with Crippen molar-refractivity contribution in [3.8, 4) is 17.6 Å². The predicted molar refractivity (Wildman–Crippen MR) is 81.1 cm³/mol. The summed E-state index contributed by atoms with van der Waals surface area (Å²) in [6.07, 6.45) is 0. The van der Waals surface area contributed by atoms with Crippen LogP contribution in [0.1, 0.15) is 16.7 Å². The molecule has 2 aromatic carbocycles. The third-order valence-electron chi connectivity index (χ3n) is 2.87. The first kappa shape index (κ1) is 14.4. The van der Waals surface area contributed by atoms with E-state index in [1.54, 1.807) is 19.2 Å². The van der Waals surface area contributed by atoms with Crippen LogP contribution >= 0.6 is 15.9 Å². The molecule has 0 amide bonds. The van der Waals surface area contributed by atoms with Crippen LogP contribution in [0.2, 0.25) is 0 Å². The van der Waals surface area contributed by atoms with Gasteiger partial charge in [-0.25, -0.2) is 0 Å². The molecule has 0 saturated heterocycles. The van der Waals surface area contributed by atoms with Crippen LogP contribution < -0.4 is 9.47 Å². The van der Waals surface area contributed by atoms with Gasteiger partial charge in [0.25, 0.3) is 0 Å². The van der Waals surface area contributed by atoms with E-state index < -0.39 is 0 Å². The van der Waals surface area contributed by atoms with Gasteiger partial charge >= 0.3 is 0 Å². The summed E-state index contributed by atoms with van der Waals surface area (Å²) in [5.74, 6) is 1.39. The Morgan fingerprint density at radius 1 is 1.10 bits per heavy atom. The molecule has 0 aliphatic carbocycles. The summed E-state index contributed by atoms with van der Waals surface area (Å²) in [4.78, 5) is 0. The summed E-state index contributed by atoms with van der Waals surface area (Å²) in [6.45, 7) is 0.423. The monoisotopic (exact) mass is 331 g/mol. The summed E-state index contributed by atoms with van der Waals surface area (Å²) in [5, 5.41) is 9.87. The molecule has 2 aromatic rings. The molecule has 0 spiro atoms. The first-order valence-corrected chi connectivity index (χ1v) is 7.23. The molecule has 0 atom stereocenters. The number of nitrogens with zero attached hydrogens (tertiary/aromatic N) is 1. The number of hydrogen-bond acceptors (Lipinski definition) is 3. The van der Waals surface area contributed by atoms with Crippen LogP contribution in [-0.2, 0) is 11.9 Å². The summed E-state index contributed by atoms with van der Waals surface area (Å²) in [5.41, 5.74) is 2.66. The maximum Gasteiger partial charge on any atom is 0.136 e. The molecular weight excluding hydrogens is 318 g/mol. The van der Waals surface area contributed by atoms with Crippen molar-refractivity contribution in [2.75, 3.05) is 7.11 Å². The van der Waals surface area contributed by atoms with Crippen molar-refractivity contribution in [1.29, 1.82) is 5.26 Å². The van der Waals surface area contributed by atoms with Gasteiger partial charge < -0.3 is 9.47 Å². The van der Waals surface area contributed by atoms with Gasteiger partial charge in [0.2, 0.25) is 0 Å². The van der Waals surface area contributed by atoms with Gasteiger partial charge in [0.15, 0.2) is 0 Å². The molecule has 102 valence electrons. The lowest BCUT2D eigenvalue weighted by molar-refractivity contribution is 0.306. The maximum absolute atomic E-state index is 9.04. The van der Waals surface area contributed by atoms with Crippen molar-refractivity contribution in [3.05, 3.63) is 59.2 Å².